The fraction of sp³-hybridized carbons (Fsp3) is 0.286. The number of H-pyrrole nitrogens is 1. The normalized spacial score (nSPS) is 14.4. The number of hydrogen-bond donors (Lipinski definition) is 2. The van der Waals surface area contributed by atoms with Crippen LogP contribution >= 0.6 is 0 Å². The number of aromatic amines is 1. The Morgan fingerprint density at radius 1 is 1.37 bits per heavy atom. The third-order valence-electron chi connectivity index (χ3n) is 3.00. The van der Waals surface area contributed by atoms with Crippen molar-refractivity contribution in [3.8, 4) is 11.6 Å². The first-order valence-corrected chi connectivity index (χ1v) is 6.23. The van der Waals surface area contributed by atoms with E-state index in [2.05, 4.69) is 9.97 Å². The van der Waals surface area contributed by atoms with Crippen LogP contribution in [-0.2, 0) is 6.61 Å². The second-order valence-corrected chi connectivity index (χ2v) is 4.65. The van der Waals surface area contributed by atoms with Gasteiger partial charge in [-0.25, -0.2) is 0 Å². The maximum absolute atomic E-state index is 11.5. The second kappa shape index (κ2) is 4.85. The van der Waals surface area contributed by atoms with Crippen molar-refractivity contribution in [1.29, 1.82) is 0 Å². The Kier molecular flexibility index (Phi) is 3.05. The minimum Gasteiger partial charge on any atom is -0.439 e. The summed E-state index contributed by atoms with van der Waals surface area (Å²) in [6.45, 7) is -0.0483. The van der Waals surface area contributed by atoms with E-state index in [4.69, 9.17) is 9.84 Å². The van der Waals surface area contributed by atoms with Crippen LogP contribution in [0.2, 0.25) is 0 Å². The van der Waals surface area contributed by atoms with E-state index in [1.165, 1.54) is 6.07 Å². The van der Waals surface area contributed by atoms with Crippen molar-refractivity contribution in [2.45, 2.75) is 25.4 Å². The molecule has 1 aromatic carbocycles. The number of nitrogens with zero attached hydrogens (tertiary/aromatic N) is 1. The summed E-state index contributed by atoms with van der Waals surface area (Å²) in [5.74, 6) is 1.91. The summed E-state index contributed by atoms with van der Waals surface area (Å²) in [7, 11) is 0. The molecular weight excluding hydrogens is 244 g/mol. The monoisotopic (exact) mass is 258 g/mol. The van der Waals surface area contributed by atoms with Gasteiger partial charge < -0.3 is 14.8 Å². The Morgan fingerprint density at radius 2 is 2.21 bits per heavy atom. The van der Waals surface area contributed by atoms with Crippen LogP contribution in [0.15, 0.2) is 35.1 Å². The van der Waals surface area contributed by atoms with E-state index < -0.39 is 0 Å². The van der Waals surface area contributed by atoms with Gasteiger partial charge in [0.25, 0.3) is 5.56 Å². The molecule has 0 amide bonds. The molecule has 2 aromatic rings. The molecule has 0 bridgehead atoms. The van der Waals surface area contributed by atoms with E-state index in [1.807, 2.05) is 0 Å². The van der Waals surface area contributed by atoms with Crippen molar-refractivity contribution in [2.24, 2.45) is 0 Å². The van der Waals surface area contributed by atoms with Gasteiger partial charge in [-0.05, 0) is 30.5 Å². The molecule has 0 aliphatic heterocycles. The molecule has 2 N–H and O–H groups in total. The highest BCUT2D eigenvalue weighted by atomic mass is 16.5. The Labute approximate surface area is 109 Å². The lowest BCUT2D eigenvalue weighted by Gasteiger charge is -2.07. The molecule has 0 atom stereocenters. The Balaban J connectivity index is 1.87. The van der Waals surface area contributed by atoms with Crippen molar-refractivity contribution in [3.05, 3.63) is 52.1 Å². The largest absolute Gasteiger partial charge is 0.439 e. The fourth-order valence-corrected chi connectivity index (χ4v) is 1.88. The standard InChI is InChI=1S/C14H14N2O3/c17-8-9-2-1-3-11(6-9)19-13-7-12(18)15-14(16-13)10-4-5-10/h1-3,6-7,10,17H,4-5,8H2,(H,15,16,18). The van der Waals surface area contributed by atoms with Crippen molar-refractivity contribution in [2.75, 3.05) is 0 Å². The average molecular weight is 258 g/mol. The number of aliphatic hydroxyl groups is 1. The smallest absolute Gasteiger partial charge is 0.254 e. The minimum atomic E-state index is -0.204. The molecule has 5 heteroatoms. The van der Waals surface area contributed by atoms with Crippen LogP contribution in [0.1, 0.15) is 30.1 Å². The number of ether oxygens (including phenoxy) is 1. The van der Waals surface area contributed by atoms with Gasteiger partial charge >= 0.3 is 0 Å². The van der Waals surface area contributed by atoms with Gasteiger partial charge in [0.1, 0.15) is 11.6 Å². The lowest BCUT2D eigenvalue weighted by molar-refractivity contribution is 0.281. The SMILES string of the molecule is O=c1cc(Oc2cccc(CO)c2)nc(C2CC2)[nH]1. The van der Waals surface area contributed by atoms with Crippen LogP contribution in [0, 0.1) is 0 Å². The summed E-state index contributed by atoms with van der Waals surface area (Å²) >= 11 is 0. The quantitative estimate of drug-likeness (QED) is 0.878. The first-order chi connectivity index (χ1) is 9.24. The Morgan fingerprint density at radius 3 is 2.95 bits per heavy atom. The first kappa shape index (κ1) is 11.9. The van der Waals surface area contributed by atoms with E-state index in [0.717, 1.165) is 18.4 Å². The third kappa shape index (κ3) is 2.82. The summed E-state index contributed by atoms with van der Waals surface area (Å²) in [6, 6.07) is 8.40. The van der Waals surface area contributed by atoms with E-state index >= 15 is 0 Å². The van der Waals surface area contributed by atoms with Gasteiger partial charge in [-0.3, -0.25) is 4.79 Å². The van der Waals surface area contributed by atoms with Crippen LogP contribution in [0.5, 0.6) is 11.6 Å². The van der Waals surface area contributed by atoms with Gasteiger partial charge in [-0.1, -0.05) is 12.1 Å². The summed E-state index contributed by atoms with van der Waals surface area (Å²) in [4.78, 5) is 18.6. The molecule has 1 aliphatic carbocycles. The molecule has 98 valence electrons. The summed E-state index contributed by atoms with van der Waals surface area (Å²) in [5.41, 5.74) is 0.551. The zero-order valence-electron chi connectivity index (χ0n) is 10.3. The van der Waals surface area contributed by atoms with Crippen molar-refractivity contribution in [3.63, 3.8) is 0 Å². The number of rotatable bonds is 4. The molecule has 1 aliphatic rings. The molecule has 0 unspecified atom stereocenters. The predicted octanol–water partition coefficient (Wildman–Crippen LogP) is 1.93. The summed E-state index contributed by atoms with van der Waals surface area (Å²) < 4.78 is 5.58. The molecule has 19 heavy (non-hydrogen) atoms. The molecule has 5 nitrogen and oxygen atoms in total. The van der Waals surface area contributed by atoms with Crippen molar-refractivity contribution in [1.82, 2.24) is 9.97 Å². The van der Waals surface area contributed by atoms with E-state index in [0.29, 0.717) is 23.4 Å². The van der Waals surface area contributed by atoms with Crippen molar-refractivity contribution >= 4 is 0 Å². The zero-order chi connectivity index (χ0) is 13.2. The molecule has 0 saturated heterocycles. The van der Waals surface area contributed by atoms with Crippen LogP contribution in [0.4, 0.5) is 0 Å². The summed E-state index contributed by atoms with van der Waals surface area (Å²) in [6.07, 6.45) is 2.12. The highest BCUT2D eigenvalue weighted by Gasteiger charge is 2.26. The lowest BCUT2D eigenvalue weighted by atomic mass is 10.2. The average Bonchev–Trinajstić information content (AvgIpc) is 3.22. The lowest BCUT2D eigenvalue weighted by Crippen LogP contribution is -2.10. The van der Waals surface area contributed by atoms with Gasteiger partial charge in [0.15, 0.2) is 0 Å². The molecule has 0 spiro atoms. The Bertz CT molecular complexity index is 647. The maximum atomic E-state index is 11.5. The van der Waals surface area contributed by atoms with E-state index in [9.17, 15) is 4.79 Å². The molecule has 1 fully saturated rings. The third-order valence-corrected chi connectivity index (χ3v) is 3.00. The van der Waals surface area contributed by atoms with Crippen LogP contribution < -0.4 is 10.3 Å². The van der Waals surface area contributed by atoms with Gasteiger partial charge in [0.05, 0.1) is 12.7 Å². The van der Waals surface area contributed by atoms with Crippen molar-refractivity contribution < 1.29 is 9.84 Å². The Hall–Kier alpha value is -2.14. The van der Waals surface area contributed by atoms with Gasteiger partial charge in [-0.15, -0.1) is 0 Å². The second-order valence-electron chi connectivity index (χ2n) is 4.65. The van der Waals surface area contributed by atoms with E-state index in [-0.39, 0.29) is 12.2 Å². The maximum Gasteiger partial charge on any atom is 0.254 e. The van der Waals surface area contributed by atoms with Crippen LogP contribution in [-0.4, -0.2) is 15.1 Å². The highest BCUT2D eigenvalue weighted by Crippen LogP contribution is 2.38. The molecule has 3 rings (SSSR count). The molecule has 0 radical (unpaired) electrons. The highest BCUT2D eigenvalue weighted by molar-refractivity contribution is 5.31. The summed E-state index contributed by atoms with van der Waals surface area (Å²) in [5, 5.41) is 9.07. The number of hydrogen-bond acceptors (Lipinski definition) is 4. The fourth-order valence-electron chi connectivity index (χ4n) is 1.88. The van der Waals surface area contributed by atoms with E-state index in [1.54, 1.807) is 24.3 Å². The van der Waals surface area contributed by atoms with Gasteiger partial charge in [0, 0.05) is 5.92 Å². The molecule has 1 heterocycles. The molecular formula is C14H14N2O3. The topological polar surface area (TPSA) is 75.2 Å². The first-order valence-electron chi connectivity index (χ1n) is 6.23. The van der Waals surface area contributed by atoms with Gasteiger partial charge in [0.2, 0.25) is 5.88 Å². The number of benzene rings is 1. The number of aromatic nitrogens is 2. The minimum absolute atomic E-state index is 0.0483. The predicted molar refractivity (Wildman–Crippen MR) is 69.3 cm³/mol. The number of aliphatic hydroxyl groups excluding tert-OH is 1. The molecule has 1 saturated carbocycles. The van der Waals surface area contributed by atoms with Crippen LogP contribution in [0.3, 0.4) is 0 Å². The van der Waals surface area contributed by atoms with Gasteiger partial charge in [-0.2, -0.15) is 4.98 Å². The molecule has 1 aromatic heterocycles. The number of nitrogens with one attached hydrogen (secondary N) is 1. The zero-order valence-corrected chi connectivity index (χ0v) is 10.3. The van der Waals surface area contributed by atoms with Crippen LogP contribution in [0.25, 0.3) is 0 Å².